The van der Waals surface area contributed by atoms with E-state index in [2.05, 4.69) is 5.16 Å². The average molecular weight is 236 g/mol. The first-order valence-corrected chi connectivity index (χ1v) is 4.61. The van der Waals surface area contributed by atoms with Crippen LogP contribution in [0.2, 0.25) is 0 Å². The minimum Gasteiger partial charge on any atom is -0.427 e. The van der Waals surface area contributed by atoms with Crippen molar-refractivity contribution < 1.29 is 14.8 Å². The zero-order valence-corrected chi connectivity index (χ0v) is 8.61. The van der Waals surface area contributed by atoms with Crippen LogP contribution in [0, 0.1) is 4.91 Å². The third-order valence-corrected chi connectivity index (χ3v) is 2.35. The van der Waals surface area contributed by atoms with Gasteiger partial charge in [-0.1, -0.05) is 22.2 Å². The van der Waals surface area contributed by atoms with Crippen LogP contribution in [-0.2, 0) is 0 Å². The van der Waals surface area contributed by atoms with Gasteiger partial charge in [0.2, 0.25) is 11.2 Å². The van der Waals surface area contributed by atoms with Gasteiger partial charge in [-0.2, -0.15) is 4.73 Å². The molecule has 0 aliphatic carbocycles. The summed E-state index contributed by atoms with van der Waals surface area (Å²) in [6, 6.07) is 6.24. The second-order valence-electron chi connectivity index (χ2n) is 3.31. The fraction of sp³-hybridized carbons (Fsp3) is 0. The van der Waals surface area contributed by atoms with E-state index in [1.807, 2.05) is 0 Å². The van der Waals surface area contributed by atoms with Crippen LogP contribution in [0.15, 0.2) is 29.4 Å². The number of nitrogens with zero attached hydrogens (tertiary/aromatic N) is 3. The number of nitrogens with two attached hydrogens (primary N) is 2. The Morgan fingerprint density at radius 3 is 2.71 bits per heavy atom. The molecule has 0 aliphatic rings. The summed E-state index contributed by atoms with van der Waals surface area (Å²) in [5.74, 6) is -0.818. The zero-order chi connectivity index (χ0) is 12.6. The van der Waals surface area contributed by atoms with Crippen LogP contribution in [0.5, 0.6) is 0 Å². The molecular weight excluding hydrogens is 226 g/mol. The molecule has 6 N–H and O–H groups in total. The van der Waals surface area contributed by atoms with Crippen LogP contribution in [0.3, 0.4) is 0 Å². The monoisotopic (exact) mass is 236 g/mol. The Morgan fingerprint density at radius 2 is 2.06 bits per heavy atom. The third-order valence-electron chi connectivity index (χ3n) is 2.35. The lowest BCUT2D eigenvalue weighted by Gasteiger charge is -2.07. The predicted octanol–water partition coefficient (Wildman–Crippen LogP) is -0.530. The van der Waals surface area contributed by atoms with Crippen LogP contribution < -0.4 is 15.9 Å². The molecule has 0 aliphatic heterocycles. The van der Waals surface area contributed by atoms with Crippen LogP contribution >= 0.6 is 0 Å². The first-order valence-electron chi connectivity index (χ1n) is 4.61. The molecule has 1 aromatic heterocycles. The molecule has 0 bridgehead atoms. The molecule has 2 rings (SSSR count). The van der Waals surface area contributed by atoms with Crippen molar-refractivity contribution in [3.63, 3.8) is 0 Å². The lowest BCUT2D eigenvalue weighted by molar-refractivity contribution is -0.448. The molecule has 0 atom stereocenters. The van der Waals surface area contributed by atoms with Gasteiger partial charge in [0.15, 0.2) is 5.84 Å². The maximum Gasteiger partial charge on any atom is 0.349 e. The summed E-state index contributed by atoms with van der Waals surface area (Å²) in [5, 5.41) is 21.2. The molecule has 0 fully saturated rings. The first kappa shape index (κ1) is 10.7. The van der Waals surface area contributed by atoms with Crippen molar-refractivity contribution in [2.75, 3.05) is 5.73 Å². The van der Waals surface area contributed by atoms with Gasteiger partial charge < -0.3 is 16.1 Å². The summed E-state index contributed by atoms with van der Waals surface area (Å²) in [4.78, 5) is 11.8. The number of anilines is 1. The van der Waals surface area contributed by atoms with Crippen molar-refractivity contribution in [3.8, 4) is 0 Å². The van der Waals surface area contributed by atoms with E-state index in [4.69, 9.17) is 16.7 Å². The Hall–Kier alpha value is -2.77. The van der Waals surface area contributed by atoms with E-state index in [1.54, 1.807) is 12.1 Å². The van der Waals surface area contributed by atoms with Gasteiger partial charge in [0.25, 0.3) is 0 Å². The molecule has 0 spiro atoms. The van der Waals surface area contributed by atoms with E-state index in [0.29, 0.717) is 9.16 Å². The smallest absolute Gasteiger partial charge is 0.349 e. The number of rotatable bonds is 1. The normalized spacial score (nSPS) is 11.9. The van der Waals surface area contributed by atoms with Gasteiger partial charge in [-0.25, -0.2) is 0 Å². The van der Waals surface area contributed by atoms with Crippen molar-refractivity contribution in [2.24, 2.45) is 10.9 Å². The number of fused-ring (bicyclic) bond motifs is 1. The summed E-state index contributed by atoms with van der Waals surface area (Å²) >= 11 is 0. The molecule has 17 heavy (non-hydrogen) atoms. The Morgan fingerprint density at radius 1 is 1.41 bits per heavy atom. The fourth-order valence-electron chi connectivity index (χ4n) is 1.56. The summed E-state index contributed by atoms with van der Waals surface area (Å²) in [6.07, 6.45) is 0. The Labute approximate surface area is 94.6 Å². The second kappa shape index (κ2) is 3.67. The lowest BCUT2D eigenvalue weighted by Crippen LogP contribution is -2.31. The number of amidine groups is 1. The van der Waals surface area contributed by atoms with Gasteiger partial charge in [0, 0.05) is 4.43 Å². The van der Waals surface area contributed by atoms with E-state index < -0.39 is 5.84 Å². The standard InChI is InChI=1S/C9H9N5O3/c10-8(12-15)7-9(11)14(17)6-4-2-1-3-5(6)13(7)16/h1-4,16H,11H2,(H2-,10,12,15)/p+1. The molecule has 2 aromatic rings. The van der Waals surface area contributed by atoms with Crippen molar-refractivity contribution in [2.45, 2.75) is 0 Å². The number of para-hydroxylation sites is 2. The van der Waals surface area contributed by atoms with Gasteiger partial charge in [0.1, 0.15) is 5.52 Å². The maximum atomic E-state index is 11.8. The van der Waals surface area contributed by atoms with Gasteiger partial charge in [0.05, 0.1) is 0 Å². The Balaban J connectivity index is 3.02. The molecule has 0 radical (unpaired) electrons. The first-order chi connectivity index (χ1) is 8.07. The highest BCUT2D eigenvalue weighted by Crippen LogP contribution is 2.14. The largest absolute Gasteiger partial charge is 0.427 e. The number of oxime groups is 1. The van der Waals surface area contributed by atoms with Crippen LogP contribution in [0.25, 0.3) is 11.0 Å². The topological polar surface area (TPSA) is 133 Å². The molecular formula is C9H10N5O3+. The Kier molecular flexibility index (Phi) is 2.32. The summed E-state index contributed by atoms with van der Waals surface area (Å²) in [7, 11) is 0. The number of nitrogen functional groups attached to an aromatic ring is 1. The highest BCUT2D eigenvalue weighted by atomic mass is 16.5. The highest BCUT2D eigenvalue weighted by Gasteiger charge is 2.23. The van der Waals surface area contributed by atoms with Gasteiger partial charge >= 0.3 is 5.82 Å². The molecule has 8 nitrogen and oxygen atoms in total. The van der Waals surface area contributed by atoms with Crippen LogP contribution in [-0.4, -0.2) is 21.0 Å². The second-order valence-corrected chi connectivity index (χ2v) is 3.31. The molecule has 0 saturated carbocycles. The molecule has 88 valence electrons. The third kappa shape index (κ3) is 1.42. The number of benzene rings is 1. The van der Waals surface area contributed by atoms with Gasteiger partial charge in [-0.3, -0.25) is 5.73 Å². The van der Waals surface area contributed by atoms with E-state index in [-0.39, 0.29) is 22.5 Å². The molecule has 1 aromatic carbocycles. The van der Waals surface area contributed by atoms with E-state index in [1.165, 1.54) is 12.1 Å². The van der Waals surface area contributed by atoms with Crippen molar-refractivity contribution in [1.82, 2.24) is 4.73 Å². The van der Waals surface area contributed by atoms with Crippen molar-refractivity contribution >= 4 is 22.7 Å². The summed E-state index contributed by atoms with van der Waals surface area (Å²) in [6.45, 7) is 0. The van der Waals surface area contributed by atoms with Crippen molar-refractivity contribution in [3.05, 3.63) is 34.9 Å². The zero-order valence-electron chi connectivity index (χ0n) is 8.61. The molecule has 0 unspecified atom stereocenters. The lowest BCUT2D eigenvalue weighted by atomic mass is 10.2. The SMILES string of the molecule is NC(=NO)c1c(N)[n+](=O)c2ccccc2n1O. The molecule has 0 saturated heterocycles. The van der Waals surface area contributed by atoms with E-state index >= 15 is 0 Å². The minimum absolute atomic E-state index is 0.169. The van der Waals surface area contributed by atoms with E-state index in [0.717, 1.165) is 0 Å². The molecule has 8 heteroatoms. The average Bonchev–Trinajstić information content (AvgIpc) is 2.36. The van der Waals surface area contributed by atoms with E-state index in [9.17, 15) is 10.1 Å². The maximum absolute atomic E-state index is 11.8. The minimum atomic E-state index is -0.458. The molecule has 1 heterocycles. The Bertz CT molecular complexity index is 676. The van der Waals surface area contributed by atoms with Gasteiger partial charge in [-0.15, -0.1) is 0 Å². The number of hydrogen-bond donors (Lipinski definition) is 4. The van der Waals surface area contributed by atoms with Crippen molar-refractivity contribution in [1.29, 1.82) is 0 Å². The van der Waals surface area contributed by atoms with Crippen LogP contribution in [0.1, 0.15) is 5.69 Å². The number of aromatic nitrogens is 2. The number of hydrogen-bond acceptors (Lipinski definition) is 5. The fourth-order valence-corrected chi connectivity index (χ4v) is 1.56. The van der Waals surface area contributed by atoms with Gasteiger partial charge in [-0.05, 0) is 12.1 Å². The quantitative estimate of drug-likeness (QED) is 0.132. The molecule has 0 amide bonds. The van der Waals surface area contributed by atoms with Crippen LogP contribution in [0.4, 0.5) is 5.82 Å². The summed E-state index contributed by atoms with van der Waals surface area (Å²) < 4.78 is 1.00. The summed E-state index contributed by atoms with van der Waals surface area (Å²) in [5.41, 5.74) is 11.0. The predicted molar refractivity (Wildman–Crippen MR) is 59.4 cm³/mol. The highest BCUT2D eigenvalue weighted by molar-refractivity contribution is 5.99.